The molecule has 1 amide bonds. The van der Waals surface area contributed by atoms with Gasteiger partial charge in [0.05, 0.1) is 29.0 Å². The van der Waals surface area contributed by atoms with E-state index in [0.29, 0.717) is 17.2 Å². The highest BCUT2D eigenvalue weighted by molar-refractivity contribution is 7.13. The number of aromatic amines is 2. The van der Waals surface area contributed by atoms with Crippen molar-refractivity contribution in [3.05, 3.63) is 60.6 Å². The van der Waals surface area contributed by atoms with Crippen LogP contribution in [0.2, 0.25) is 0 Å². The SMILES string of the molecule is O=C(Nc1cncc(-c2cnc3n[nH]c(-c4nc5c(-c6cccs6)cncc5[nH]4)c3c2)c1)C1CCCC1. The number of thiophene rings is 1. The topological polar surface area (TPSA) is 125 Å². The van der Waals surface area contributed by atoms with E-state index in [9.17, 15) is 4.79 Å². The standard InChI is InChI=1S/C27H22N8OS/c36-27(15-4-1-2-5-15)31-18-8-16(10-28-12-18)17-9-19-24(34-35-25(19)30-11-17)26-32-21-14-29-13-20(23(21)33-26)22-6-3-7-37-22/h3,6-15H,1-2,4-5H2,(H,31,36)(H,32,33)(H,30,34,35). The van der Waals surface area contributed by atoms with Crippen molar-refractivity contribution < 1.29 is 4.79 Å². The highest BCUT2D eigenvalue weighted by Gasteiger charge is 2.23. The molecule has 0 aliphatic heterocycles. The lowest BCUT2D eigenvalue weighted by atomic mass is 10.1. The average Bonchev–Trinajstić information content (AvgIpc) is 3.74. The lowest BCUT2D eigenvalue weighted by Gasteiger charge is -2.11. The van der Waals surface area contributed by atoms with Gasteiger partial charge >= 0.3 is 0 Å². The van der Waals surface area contributed by atoms with Gasteiger partial charge in [0.25, 0.3) is 0 Å². The second kappa shape index (κ2) is 8.90. The van der Waals surface area contributed by atoms with Crippen LogP contribution in [-0.4, -0.2) is 41.0 Å². The Morgan fingerprint density at radius 2 is 1.89 bits per heavy atom. The summed E-state index contributed by atoms with van der Waals surface area (Å²) in [7, 11) is 0. The van der Waals surface area contributed by atoms with Crippen LogP contribution < -0.4 is 5.32 Å². The molecule has 1 fully saturated rings. The fraction of sp³-hybridized carbons (Fsp3) is 0.185. The number of hydrogen-bond donors (Lipinski definition) is 3. The summed E-state index contributed by atoms with van der Waals surface area (Å²) in [5.74, 6) is 0.830. The van der Waals surface area contributed by atoms with Gasteiger partial charge in [-0.15, -0.1) is 11.3 Å². The number of pyridine rings is 3. The van der Waals surface area contributed by atoms with Gasteiger partial charge in [0.2, 0.25) is 5.91 Å². The van der Waals surface area contributed by atoms with Crippen LogP contribution in [0.4, 0.5) is 5.69 Å². The second-order valence-corrected chi connectivity index (χ2v) is 10.2. The number of carbonyl (C=O) groups excluding carboxylic acids is 1. The molecule has 37 heavy (non-hydrogen) atoms. The second-order valence-electron chi connectivity index (χ2n) is 9.27. The average molecular weight is 507 g/mol. The number of fused-ring (bicyclic) bond motifs is 2. The lowest BCUT2D eigenvalue weighted by molar-refractivity contribution is -0.119. The highest BCUT2D eigenvalue weighted by Crippen LogP contribution is 2.34. The third-order valence-corrected chi connectivity index (χ3v) is 7.80. The summed E-state index contributed by atoms with van der Waals surface area (Å²) in [5, 5.41) is 13.4. The zero-order valence-electron chi connectivity index (χ0n) is 19.7. The Bertz CT molecular complexity index is 1750. The molecule has 7 rings (SSSR count). The molecule has 0 spiro atoms. The van der Waals surface area contributed by atoms with Crippen molar-refractivity contribution in [2.24, 2.45) is 5.92 Å². The fourth-order valence-corrected chi connectivity index (χ4v) is 5.74. The maximum Gasteiger partial charge on any atom is 0.227 e. The van der Waals surface area contributed by atoms with Crippen molar-refractivity contribution >= 4 is 45.0 Å². The molecule has 182 valence electrons. The smallest absolute Gasteiger partial charge is 0.227 e. The van der Waals surface area contributed by atoms with Crippen LogP contribution in [0.15, 0.2) is 60.6 Å². The van der Waals surface area contributed by atoms with E-state index < -0.39 is 0 Å². The zero-order chi connectivity index (χ0) is 24.8. The molecule has 6 aromatic heterocycles. The number of nitrogens with one attached hydrogen (secondary N) is 3. The van der Waals surface area contributed by atoms with E-state index in [4.69, 9.17) is 4.98 Å². The number of hydrogen-bond acceptors (Lipinski definition) is 7. The van der Waals surface area contributed by atoms with Gasteiger partial charge in [0, 0.05) is 46.1 Å². The molecule has 0 radical (unpaired) electrons. The van der Waals surface area contributed by atoms with Crippen LogP contribution in [0.1, 0.15) is 25.7 Å². The number of aromatic nitrogens is 7. The Labute approximate surface area is 215 Å². The Morgan fingerprint density at radius 3 is 2.76 bits per heavy atom. The maximum absolute atomic E-state index is 12.6. The number of nitrogens with zero attached hydrogens (tertiary/aromatic N) is 5. The van der Waals surface area contributed by atoms with Crippen LogP contribution in [-0.2, 0) is 4.79 Å². The maximum atomic E-state index is 12.6. The van der Waals surface area contributed by atoms with E-state index in [2.05, 4.69) is 41.5 Å². The zero-order valence-corrected chi connectivity index (χ0v) is 20.5. The van der Waals surface area contributed by atoms with Crippen molar-refractivity contribution in [2.45, 2.75) is 25.7 Å². The van der Waals surface area contributed by atoms with E-state index in [1.807, 2.05) is 29.8 Å². The van der Waals surface area contributed by atoms with Crippen molar-refractivity contribution in [1.29, 1.82) is 0 Å². The van der Waals surface area contributed by atoms with Gasteiger partial charge < -0.3 is 10.3 Å². The molecule has 0 saturated heterocycles. The lowest BCUT2D eigenvalue weighted by Crippen LogP contribution is -2.20. The van der Waals surface area contributed by atoms with Crippen LogP contribution >= 0.6 is 11.3 Å². The largest absolute Gasteiger partial charge is 0.335 e. The summed E-state index contributed by atoms with van der Waals surface area (Å²) in [6.07, 6.45) is 13.0. The first-order valence-electron chi connectivity index (χ1n) is 12.2. The predicted molar refractivity (Wildman–Crippen MR) is 144 cm³/mol. The summed E-state index contributed by atoms with van der Waals surface area (Å²) in [6, 6.07) is 8.04. The minimum Gasteiger partial charge on any atom is -0.335 e. The summed E-state index contributed by atoms with van der Waals surface area (Å²) in [4.78, 5) is 35.3. The van der Waals surface area contributed by atoms with E-state index in [1.165, 1.54) is 0 Å². The van der Waals surface area contributed by atoms with Gasteiger partial charge in [-0.2, -0.15) is 5.10 Å². The number of H-pyrrole nitrogens is 2. The van der Waals surface area contributed by atoms with Gasteiger partial charge in [-0.3, -0.25) is 19.9 Å². The van der Waals surface area contributed by atoms with Gasteiger partial charge in [-0.05, 0) is 36.4 Å². The number of amides is 1. The summed E-state index contributed by atoms with van der Waals surface area (Å²) in [5.41, 5.74) is 6.45. The fourth-order valence-electron chi connectivity index (χ4n) is 5.00. The quantitative estimate of drug-likeness (QED) is 0.271. The number of rotatable bonds is 5. The molecule has 10 heteroatoms. The molecule has 9 nitrogen and oxygen atoms in total. The number of carbonyl (C=O) groups is 1. The van der Waals surface area contributed by atoms with Crippen molar-refractivity contribution in [3.63, 3.8) is 0 Å². The van der Waals surface area contributed by atoms with Gasteiger partial charge in [-0.25, -0.2) is 9.97 Å². The third kappa shape index (κ3) is 3.95. The van der Waals surface area contributed by atoms with Crippen molar-refractivity contribution in [1.82, 2.24) is 35.1 Å². The molecule has 6 aromatic rings. The molecule has 0 aromatic carbocycles. The molecule has 1 aliphatic carbocycles. The van der Waals surface area contributed by atoms with Crippen LogP contribution in [0.5, 0.6) is 0 Å². The Balaban J connectivity index is 1.25. The molecule has 3 N–H and O–H groups in total. The van der Waals surface area contributed by atoms with Crippen LogP contribution in [0.3, 0.4) is 0 Å². The summed E-state index contributed by atoms with van der Waals surface area (Å²) in [6.45, 7) is 0. The molecule has 6 heterocycles. The molecule has 0 bridgehead atoms. The highest BCUT2D eigenvalue weighted by atomic mass is 32.1. The first-order chi connectivity index (χ1) is 18.2. The van der Waals surface area contributed by atoms with Crippen molar-refractivity contribution in [2.75, 3.05) is 5.32 Å². The Morgan fingerprint density at radius 1 is 1.03 bits per heavy atom. The first kappa shape index (κ1) is 21.8. The molecule has 0 atom stereocenters. The summed E-state index contributed by atoms with van der Waals surface area (Å²) >= 11 is 1.66. The minimum atomic E-state index is 0.0726. The van der Waals surface area contributed by atoms with Gasteiger partial charge in [-0.1, -0.05) is 18.9 Å². The van der Waals surface area contributed by atoms with E-state index in [-0.39, 0.29) is 11.8 Å². The molecule has 1 aliphatic rings. The van der Waals surface area contributed by atoms with E-state index in [0.717, 1.165) is 69.4 Å². The van der Waals surface area contributed by atoms with E-state index >= 15 is 0 Å². The Hall–Kier alpha value is -4.44. The first-order valence-corrected chi connectivity index (χ1v) is 13.1. The third-order valence-electron chi connectivity index (χ3n) is 6.89. The van der Waals surface area contributed by atoms with E-state index in [1.54, 1.807) is 36.1 Å². The number of anilines is 1. The van der Waals surface area contributed by atoms with Crippen LogP contribution in [0, 0.1) is 5.92 Å². The molecular formula is C27H22N8OS. The number of imidazole rings is 1. The molecule has 0 unspecified atom stereocenters. The Kier molecular flexibility index (Phi) is 5.24. The minimum absolute atomic E-state index is 0.0726. The monoisotopic (exact) mass is 506 g/mol. The van der Waals surface area contributed by atoms with Gasteiger partial charge in [0.15, 0.2) is 11.5 Å². The molecular weight excluding hydrogens is 484 g/mol. The normalized spacial score (nSPS) is 14.1. The molecule has 1 saturated carbocycles. The predicted octanol–water partition coefficient (Wildman–Crippen LogP) is 5.82. The van der Waals surface area contributed by atoms with Crippen LogP contribution in [0.25, 0.3) is 55.2 Å². The summed E-state index contributed by atoms with van der Waals surface area (Å²) < 4.78 is 0. The van der Waals surface area contributed by atoms with Gasteiger partial charge in [0.1, 0.15) is 11.2 Å². The van der Waals surface area contributed by atoms with Crippen molar-refractivity contribution in [3.8, 4) is 33.1 Å².